The summed E-state index contributed by atoms with van der Waals surface area (Å²) < 4.78 is 5.77. The van der Waals surface area contributed by atoms with E-state index in [1.165, 1.54) is 58.2 Å². The van der Waals surface area contributed by atoms with E-state index in [0.717, 1.165) is 50.4 Å². The fourth-order valence-electron chi connectivity index (χ4n) is 4.59. The second-order valence-electron chi connectivity index (χ2n) is 8.51. The summed E-state index contributed by atoms with van der Waals surface area (Å²) in [4.78, 5) is 10.1. The van der Waals surface area contributed by atoms with Gasteiger partial charge in [-0.25, -0.2) is 0 Å². The predicted octanol–water partition coefficient (Wildman–Crippen LogP) is 3.48. The van der Waals surface area contributed by atoms with Crippen LogP contribution >= 0.6 is 0 Å². The maximum absolute atomic E-state index is 5.77. The van der Waals surface area contributed by atoms with Crippen molar-refractivity contribution in [3.8, 4) is 0 Å². The highest BCUT2D eigenvalue weighted by molar-refractivity contribution is 5.79. The highest BCUT2D eigenvalue weighted by atomic mass is 16.3. The van der Waals surface area contributed by atoms with E-state index in [1.54, 1.807) is 6.26 Å². The number of piperidine rings is 2. The van der Waals surface area contributed by atoms with Crippen LogP contribution in [0.25, 0.3) is 0 Å². The van der Waals surface area contributed by atoms with Gasteiger partial charge in [-0.3, -0.25) is 9.89 Å². The van der Waals surface area contributed by atoms with Gasteiger partial charge < -0.3 is 20.0 Å². The van der Waals surface area contributed by atoms with Crippen LogP contribution in [0.4, 0.5) is 0 Å². The number of rotatable bonds is 9. The lowest BCUT2D eigenvalue weighted by atomic mass is 9.97. The molecule has 2 saturated heterocycles. The third-order valence-corrected chi connectivity index (χ3v) is 6.27. The van der Waals surface area contributed by atoms with Gasteiger partial charge in [0.05, 0.1) is 18.8 Å². The lowest BCUT2D eigenvalue weighted by molar-refractivity contribution is 0.150. The summed E-state index contributed by atoms with van der Waals surface area (Å²) in [5.41, 5.74) is 0. The minimum absolute atomic E-state index is 0.234. The van der Waals surface area contributed by atoms with Gasteiger partial charge in [-0.15, -0.1) is 0 Å². The van der Waals surface area contributed by atoms with Gasteiger partial charge in [-0.2, -0.15) is 0 Å². The van der Waals surface area contributed by atoms with Gasteiger partial charge in [0.15, 0.2) is 5.96 Å². The van der Waals surface area contributed by atoms with Gasteiger partial charge >= 0.3 is 0 Å². The number of hydrogen-bond donors (Lipinski definition) is 2. The first-order valence-corrected chi connectivity index (χ1v) is 11.8. The van der Waals surface area contributed by atoms with Crippen molar-refractivity contribution in [3.05, 3.63) is 24.2 Å². The fraction of sp³-hybridized carbons (Fsp3) is 0.783. The largest absolute Gasteiger partial charge is 0.468 e. The minimum atomic E-state index is 0.234. The molecule has 6 heteroatoms. The summed E-state index contributed by atoms with van der Waals surface area (Å²) in [5, 5.41) is 7.05. The van der Waals surface area contributed by atoms with Crippen molar-refractivity contribution in [2.24, 2.45) is 10.9 Å². The molecule has 1 unspecified atom stereocenters. The molecule has 2 N–H and O–H groups in total. The van der Waals surface area contributed by atoms with E-state index < -0.39 is 0 Å². The van der Waals surface area contributed by atoms with Crippen LogP contribution in [-0.4, -0.2) is 68.1 Å². The van der Waals surface area contributed by atoms with Crippen molar-refractivity contribution in [2.45, 2.75) is 58.4 Å². The van der Waals surface area contributed by atoms with Crippen molar-refractivity contribution in [3.63, 3.8) is 0 Å². The van der Waals surface area contributed by atoms with Crippen LogP contribution in [0.3, 0.4) is 0 Å². The zero-order valence-corrected chi connectivity index (χ0v) is 18.5. The Morgan fingerprint density at radius 3 is 2.59 bits per heavy atom. The number of likely N-dealkylation sites (tertiary alicyclic amines) is 2. The van der Waals surface area contributed by atoms with E-state index in [2.05, 4.69) is 40.3 Å². The van der Waals surface area contributed by atoms with E-state index in [9.17, 15) is 0 Å². The molecular weight excluding hydrogens is 362 g/mol. The second kappa shape index (κ2) is 12.2. The van der Waals surface area contributed by atoms with Crippen LogP contribution in [0.5, 0.6) is 0 Å². The predicted molar refractivity (Wildman–Crippen MR) is 120 cm³/mol. The topological polar surface area (TPSA) is 56.0 Å². The normalized spacial score (nSPS) is 21.2. The Morgan fingerprint density at radius 2 is 1.93 bits per heavy atom. The van der Waals surface area contributed by atoms with Crippen LogP contribution < -0.4 is 10.6 Å². The molecule has 0 bridgehead atoms. The lowest BCUT2D eigenvalue weighted by Gasteiger charge is -2.33. The van der Waals surface area contributed by atoms with Crippen LogP contribution in [0.1, 0.15) is 64.2 Å². The van der Waals surface area contributed by atoms with Crippen molar-refractivity contribution >= 4 is 5.96 Å². The summed E-state index contributed by atoms with van der Waals surface area (Å²) in [7, 11) is 0. The summed E-state index contributed by atoms with van der Waals surface area (Å²) in [6.45, 7) is 13.0. The molecular formula is C23H41N5O. The molecule has 3 rings (SSSR count). The molecule has 164 valence electrons. The first-order valence-electron chi connectivity index (χ1n) is 11.8. The number of aliphatic imine (C=N–C) groups is 1. The van der Waals surface area contributed by atoms with Crippen molar-refractivity contribution in [1.82, 2.24) is 20.4 Å². The lowest BCUT2D eigenvalue weighted by Crippen LogP contribution is -2.43. The molecule has 1 aromatic rings. The smallest absolute Gasteiger partial charge is 0.191 e. The third kappa shape index (κ3) is 7.03. The van der Waals surface area contributed by atoms with E-state index in [0.29, 0.717) is 0 Å². The number of guanidine groups is 1. The van der Waals surface area contributed by atoms with Crippen molar-refractivity contribution in [2.75, 3.05) is 52.4 Å². The van der Waals surface area contributed by atoms with Gasteiger partial charge in [0.1, 0.15) is 5.76 Å². The summed E-state index contributed by atoms with van der Waals surface area (Å²) in [6.07, 6.45) is 9.50. The average Bonchev–Trinajstić information content (AvgIpc) is 3.29. The van der Waals surface area contributed by atoms with Crippen LogP contribution in [-0.2, 0) is 0 Å². The van der Waals surface area contributed by atoms with Gasteiger partial charge in [0.25, 0.3) is 0 Å². The molecule has 0 aromatic carbocycles. The van der Waals surface area contributed by atoms with Gasteiger partial charge in [0, 0.05) is 13.1 Å². The fourth-order valence-corrected chi connectivity index (χ4v) is 4.59. The first-order chi connectivity index (χ1) is 14.3. The summed E-state index contributed by atoms with van der Waals surface area (Å²) in [5.74, 6) is 2.72. The molecule has 2 aliphatic rings. The van der Waals surface area contributed by atoms with E-state index in [1.807, 2.05) is 6.07 Å². The molecule has 1 aromatic heterocycles. The highest BCUT2D eigenvalue weighted by Crippen LogP contribution is 2.25. The molecule has 2 aliphatic heterocycles. The maximum atomic E-state index is 5.77. The Hall–Kier alpha value is -1.53. The highest BCUT2D eigenvalue weighted by Gasteiger charge is 2.24. The molecule has 0 saturated carbocycles. The first kappa shape index (κ1) is 22.2. The quantitative estimate of drug-likeness (QED) is 0.488. The van der Waals surface area contributed by atoms with Crippen LogP contribution in [0.15, 0.2) is 27.8 Å². The summed E-state index contributed by atoms with van der Waals surface area (Å²) >= 11 is 0. The van der Waals surface area contributed by atoms with Crippen LogP contribution in [0.2, 0.25) is 0 Å². The molecule has 0 amide bonds. The van der Waals surface area contributed by atoms with E-state index in [4.69, 9.17) is 9.41 Å². The second-order valence-corrected chi connectivity index (χ2v) is 8.51. The SMILES string of the molecule is CCCN1CCC(CNC(=NCC(c2ccco2)N2CCCCC2)NCC)CC1. The molecule has 29 heavy (non-hydrogen) atoms. The zero-order valence-electron chi connectivity index (χ0n) is 18.5. The monoisotopic (exact) mass is 403 g/mol. The Balaban J connectivity index is 1.54. The number of furan rings is 1. The third-order valence-electron chi connectivity index (χ3n) is 6.27. The molecule has 1 atom stereocenters. The van der Waals surface area contributed by atoms with E-state index in [-0.39, 0.29) is 6.04 Å². The number of nitrogens with zero attached hydrogens (tertiary/aromatic N) is 3. The van der Waals surface area contributed by atoms with Crippen molar-refractivity contribution in [1.29, 1.82) is 0 Å². The molecule has 0 spiro atoms. The van der Waals surface area contributed by atoms with Crippen LogP contribution in [0, 0.1) is 5.92 Å². The molecule has 2 fully saturated rings. The Bertz CT molecular complexity index is 574. The summed E-state index contributed by atoms with van der Waals surface area (Å²) in [6, 6.07) is 4.32. The zero-order chi connectivity index (χ0) is 20.3. The minimum Gasteiger partial charge on any atom is -0.468 e. The van der Waals surface area contributed by atoms with Gasteiger partial charge in [0.2, 0.25) is 0 Å². The maximum Gasteiger partial charge on any atom is 0.191 e. The average molecular weight is 404 g/mol. The standard InChI is InChI=1S/C23H41N5O/c1-3-12-27-15-10-20(11-16-27)18-25-23(24-4-2)26-19-21(22-9-8-17-29-22)28-13-6-5-7-14-28/h8-9,17,20-21H,3-7,10-16,18-19H2,1-2H3,(H2,24,25,26). The Kier molecular flexibility index (Phi) is 9.35. The van der Waals surface area contributed by atoms with E-state index >= 15 is 0 Å². The number of hydrogen-bond acceptors (Lipinski definition) is 4. The van der Waals surface area contributed by atoms with Crippen molar-refractivity contribution < 1.29 is 4.42 Å². The molecule has 6 nitrogen and oxygen atoms in total. The van der Waals surface area contributed by atoms with Gasteiger partial charge in [-0.1, -0.05) is 13.3 Å². The molecule has 0 radical (unpaired) electrons. The molecule has 0 aliphatic carbocycles. The Morgan fingerprint density at radius 1 is 1.14 bits per heavy atom. The number of nitrogens with one attached hydrogen (secondary N) is 2. The molecule has 3 heterocycles. The Labute approximate surface area is 177 Å². The van der Waals surface area contributed by atoms with Gasteiger partial charge in [-0.05, 0) is 89.8 Å².